The van der Waals surface area contributed by atoms with Crippen LogP contribution in [0, 0.1) is 23.7 Å². The Bertz CT molecular complexity index is 1830. The van der Waals surface area contributed by atoms with Gasteiger partial charge in [0.1, 0.15) is 17.3 Å². The van der Waals surface area contributed by atoms with Crippen LogP contribution in [0.5, 0.6) is 11.5 Å². The summed E-state index contributed by atoms with van der Waals surface area (Å²) in [5.74, 6) is 13.3. The highest BCUT2D eigenvalue weighted by molar-refractivity contribution is 6.36. The van der Waals surface area contributed by atoms with Crippen LogP contribution in [0.15, 0.2) is 54.6 Å². The summed E-state index contributed by atoms with van der Waals surface area (Å²) in [6.45, 7) is 7.83. The molecule has 236 valence electrons. The molecule has 0 aliphatic carbocycles. The van der Waals surface area contributed by atoms with Crippen molar-refractivity contribution in [2.45, 2.75) is 53.4 Å². The molecule has 4 aromatic rings. The third-order valence-corrected chi connectivity index (χ3v) is 7.66. The maximum atomic E-state index is 13.8. The van der Waals surface area contributed by atoms with Crippen molar-refractivity contribution in [3.05, 3.63) is 111 Å². The molecule has 0 saturated carbocycles. The molecule has 0 bridgehead atoms. The van der Waals surface area contributed by atoms with E-state index in [4.69, 9.17) is 14.1 Å². The Morgan fingerprint density at radius 2 is 1.09 bits per heavy atom. The van der Waals surface area contributed by atoms with Gasteiger partial charge in [0.05, 0.1) is 37.0 Å². The van der Waals surface area contributed by atoms with Gasteiger partial charge in [0.25, 0.3) is 0 Å². The van der Waals surface area contributed by atoms with E-state index in [1.54, 1.807) is 14.2 Å². The lowest BCUT2D eigenvalue weighted by atomic mass is 10.00. The Labute approximate surface area is 269 Å². The summed E-state index contributed by atoms with van der Waals surface area (Å²) < 4.78 is 43.0. The first-order valence-corrected chi connectivity index (χ1v) is 15.3. The van der Waals surface area contributed by atoms with Crippen LogP contribution in [0.4, 0.5) is 8.63 Å². The van der Waals surface area contributed by atoms with Crippen LogP contribution >= 0.6 is 0 Å². The summed E-state index contributed by atoms with van der Waals surface area (Å²) >= 11 is 0. The molecule has 0 aliphatic heterocycles. The van der Waals surface area contributed by atoms with Crippen LogP contribution in [0.3, 0.4) is 0 Å². The third kappa shape index (κ3) is 7.73. The largest absolute Gasteiger partial charge is 0.796 e. The zero-order valence-electron chi connectivity index (χ0n) is 27.0. The number of methoxy groups -OCH3 is 2. The fourth-order valence-electron chi connectivity index (χ4n) is 5.42. The maximum Gasteiger partial charge on any atom is 0.796 e. The minimum Gasteiger partial charge on any atom is -0.503 e. The summed E-state index contributed by atoms with van der Waals surface area (Å²) in [5, 5.41) is 0. The number of H-pyrrole nitrogens is 2. The van der Waals surface area contributed by atoms with E-state index in [-0.39, 0.29) is 5.76 Å². The van der Waals surface area contributed by atoms with E-state index in [0.717, 1.165) is 51.0 Å². The van der Waals surface area contributed by atoms with Gasteiger partial charge in [-0.1, -0.05) is 39.5 Å². The Morgan fingerprint density at radius 3 is 1.48 bits per heavy atom. The van der Waals surface area contributed by atoms with E-state index < -0.39 is 13.3 Å². The van der Waals surface area contributed by atoms with Crippen LogP contribution in [-0.4, -0.2) is 37.4 Å². The molecule has 0 aliphatic rings. The van der Waals surface area contributed by atoms with Crippen LogP contribution in [0.1, 0.15) is 88.6 Å². The molecule has 46 heavy (non-hydrogen) atoms. The number of halogens is 2. The highest BCUT2D eigenvalue weighted by atomic mass is 19.2. The predicted octanol–water partition coefficient (Wildman–Crippen LogP) is 7.57. The number of hydrogen-bond donors (Lipinski definition) is 2. The molecule has 0 fully saturated rings. The van der Waals surface area contributed by atoms with Crippen molar-refractivity contribution in [3.8, 4) is 35.2 Å². The summed E-state index contributed by atoms with van der Waals surface area (Å²) in [4.78, 5) is 20.2. The van der Waals surface area contributed by atoms with Crippen LogP contribution < -0.4 is 9.47 Å². The van der Waals surface area contributed by atoms with Gasteiger partial charge in [-0.2, -0.15) is 0 Å². The maximum absolute atomic E-state index is 13.8. The number of allylic oxidation sites excluding steroid dienone is 1. The van der Waals surface area contributed by atoms with E-state index in [2.05, 4.69) is 33.6 Å². The van der Waals surface area contributed by atoms with Gasteiger partial charge in [-0.3, -0.25) is 4.79 Å². The number of hydrogen-bond acceptors (Lipinski definition) is 4. The van der Waals surface area contributed by atoms with E-state index in [1.807, 2.05) is 76.2 Å². The van der Waals surface area contributed by atoms with Crippen LogP contribution in [-0.2, 0) is 30.3 Å². The number of rotatable bonds is 11. The molecule has 0 radical (unpaired) electrons. The molecule has 0 atom stereocenters. The van der Waals surface area contributed by atoms with E-state index in [1.165, 1.54) is 0 Å². The minimum absolute atomic E-state index is 0.246. The Morgan fingerprint density at radius 1 is 0.674 bits per heavy atom. The second-order valence-electron chi connectivity index (χ2n) is 10.3. The van der Waals surface area contributed by atoms with Crippen molar-refractivity contribution in [2.75, 3.05) is 14.2 Å². The smallest absolute Gasteiger partial charge is 0.503 e. The van der Waals surface area contributed by atoms with Gasteiger partial charge in [-0.25, -0.2) is 8.63 Å². The topological polar surface area (TPSA) is 76.3 Å². The molecule has 0 spiro atoms. The van der Waals surface area contributed by atoms with Gasteiger partial charge in [0, 0.05) is 17.2 Å². The number of ketones is 1. The Hall–Kier alpha value is -5.15. The normalized spacial score (nSPS) is 10.8. The standard InChI is InChI=1S/C37H37BF2N2O4/c1-7-28-30(9-3)36(41-32(28)21-15-24-11-17-26(44-5)18-12-24)34(43)23-35(46-38(39)40)37-31(10-4)29(8-2)33(42-37)22-16-25-13-19-27(45-6)20-14-25/h11-14,17-20,23,41-42H,7-10H2,1-6H3/b35-23+. The molecule has 9 heteroatoms. The summed E-state index contributed by atoms with van der Waals surface area (Å²) in [6.07, 6.45) is 3.44. The first-order valence-electron chi connectivity index (χ1n) is 15.3. The Kier molecular flexibility index (Phi) is 11.5. The van der Waals surface area contributed by atoms with Gasteiger partial charge in [0.15, 0.2) is 0 Å². The van der Waals surface area contributed by atoms with Gasteiger partial charge in [0.2, 0.25) is 5.78 Å². The number of aromatic amines is 2. The Balaban J connectivity index is 1.77. The molecular formula is C37H37BF2N2O4. The fraction of sp³-hybridized carbons (Fsp3) is 0.270. The van der Waals surface area contributed by atoms with E-state index in [9.17, 15) is 13.4 Å². The molecule has 4 rings (SSSR count). The number of nitrogens with one attached hydrogen (secondary N) is 2. The average molecular weight is 623 g/mol. The molecule has 2 aromatic heterocycles. The first-order chi connectivity index (χ1) is 22.3. The molecular weight excluding hydrogens is 585 g/mol. The highest BCUT2D eigenvalue weighted by Gasteiger charge is 2.27. The molecule has 2 N–H and O–H groups in total. The van der Waals surface area contributed by atoms with Crippen molar-refractivity contribution >= 4 is 19.0 Å². The van der Waals surface area contributed by atoms with Crippen molar-refractivity contribution in [1.29, 1.82) is 0 Å². The lowest BCUT2D eigenvalue weighted by Gasteiger charge is -2.10. The van der Waals surface area contributed by atoms with Crippen LogP contribution in [0.2, 0.25) is 0 Å². The van der Waals surface area contributed by atoms with Crippen molar-refractivity contribution in [3.63, 3.8) is 0 Å². The van der Waals surface area contributed by atoms with Gasteiger partial charge in [-0.05, 0) is 108 Å². The molecule has 6 nitrogen and oxygen atoms in total. The zero-order chi connectivity index (χ0) is 33.2. The highest BCUT2D eigenvalue weighted by Crippen LogP contribution is 2.29. The van der Waals surface area contributed by atoms with Crippen molar-refractivity contribution in [1.82, 2.24) is 9.97 Å². The van der Waals surface area contributed by atoms with Crippen LogP contribution in [0.25, 0.3) is 5.76 Å². The number of carbonyl (C=O) groups excluding carboxylic acids is 1. The quantitative estimate of drug-likeness (QED) is 0.0595. The van der Waals surface area contributed by atoms with E-state index >= 15 is 0 Å². The summed E-state index contributed by atoms with van der Waals surface area (Å²) in [6, 6.07) is 14.7. The number of carbonyl (C=O) groups is 1. The van der Waals surface area contributed by atoms with Gasteiger partial charge < -0.3 is 24.1 Å². The third-order valence-electron chi connectivity index (χ3n) is 7.66. The lowest BCUT2D eigenvalue weighted by Crippen LogP contribution is -2.09. The van der Waals surface area contributed by atoms with Gasteiger partial charge >= 0.3 is 7.47 Å². The molecule has 0 unspecified atom stereocenters. The fourth-order valence-corrected chi connectivity index (χ4v) is 5.42. The summed E-state index contributed by atoms with van der Waals surface area (Å²) in [5.41, 5.74) is 6.71. The SMILES string of the molecule is CCc1c(C#Cc2ccc(OC)cc2)[nH]c(C(=O)/C=C(/OB(F)F)c2[nH]c(C#Cc3ccc(OC)cc3)c(CC)c2CC)c1CC. The number of benzene rings is 2. The van der Waals surface area contributed by atoms with Gasteiger partial charge in [-0.15, -0.1) is 0 Å². The average Bonchev–Trinajstić information content (AvgIpc) is 3.63. The first kappa shape index (κ1) is 33.7. The van der Waals surface area contributed by atoms with Crippen molar-refractivity contribution in [2.24, 2.45) is 0 Å². The van der Waals surface area contributed by atoms with Crippen molar-refractivity contribution < 1.29 is 27.6 Å². The second kappa shape index (κ2) is 15.7. The monoisotopic (exact) mass is 622 g/mol. The molecule has 0 saturated heterocycles. The predicted molar refractivity (Wildman–Crippen MR) is 178 cm³/mol. The summed E-state index contributed by atoms with van der Waals surface area (Å²) in [7, 11) is 0.0529. The lowest BCUT2D eigenvalue weighted by molar-refractivity contribution is 0.104. The zero-order valence-corrected chi connectivity index (χ0v) is 27.0. The molecule has 2 aromatic carbocycles. The van der Waals surface area contributed by atoms with E-state index in [0.29, 0.717) is 48.5 Å². The molecule has 2 heterocycles. The second-order valence-corrected chi connectivity index (χ2v) is 10.3. The number of aromatic nitrogens is 2. The minimum atomic E-state index is -3.14. The number of ether oxygens (including phenoxy) is 2. The molecule has 0 amide bonds.